The molecule has 0 unspecified atom stereocenters. The lowest BCUT2D eigenvalue weighted by atomic mass is 9.97. The van der Waals surface area contributed by atoms with Gasteiger partial charge in [-0.15, -0.1) is 0 Å². The van der Waals surface area contributed by atoms with Crippen LogP contribution >= 0.6 is 0 Å². The van der Waals surface area contributed by atoms with Crippen LogP contribution < -0.4 is 0 Å². The number of rotatable bonds is 4. The van der Waals surface area contributed by atoms with Crippen LogP contribution in [0.3, 0.4) is 0 Å². The molecule has 11 aromatic carbocycles. The highest BCUT2D eigenvalue weighted by Crippen LogP contribution is 2.51. The van der Waals surface area contributed by atoms with E-state index in [1.54, 1.807) is 0 Å². The molecule has 0 atom stereocenters. The Labute approximate surface area is 342 Å². The molecule has 3 aromatic heterocycles. The summed E-state index contributed by atoms with van der Waals surface area (Å²) >= 11 is 0. The van der Waals surface area contributed by atoms with Gasteiger partial charge in [-0.05, 0) is 84.9 Å². The minimum atomic E-state index is 0.557. The van der Waals surface area contributed by atoms with Crippen molar-refractivity contribution in [3.63, 3.8) is 0 Å². The Morgan fingerprint density at radius 1 is 0.333 bits per heavy atom. The first kappa shape index (κ1) is 31.9. The highest BCUT2D eigenvalue weighted by Gasteiger charge is 2.26. The van der Waals surface area contributed by atoms with Crippen LogP contribution in [0.5, 0.6) is 0 Å². The number of fused-ring (bicyclic) bond motifs is 9. The molecule has 0 saturated carbocycles. The zero-order valence-corrected chi connectivity index (χ0v) is 32.0. The Bertz CT molecular complexity index is 4070. The first-order chi connectivity index (χ1) is 29.8. The van der Waals surface area contributed by atoms with Gasteiger partial charge in [-0.1, -0.05) is 146 Å². The SMILES string of the molecule is c1ccc(-c2nc(-c3ccccc3-n3c4cccc5c6ccccc6c6ccc7c8ccccc8c8cc3c(c6c78)c54)nc(-c3cccc4c3oc3ccccc34)n2)cc1. The van der Waals surface area contributed by atoms with Gasteiger partial charge in [0.1, 0.15) is 11.2 Å². The molecule has 0 N–H and O–H groups in total. The molecule has 0 bridgehead atoms. The van der Waals surface area contributed by atoms with Gasteiger partial charge >= 0.3 is 0 Å². The molecule has 276 valence electrons. The van der Waals surface area contributed by atoms with Gasteiger partial charge in [0.25, 0.3) is 0 Å². The number of aromatic nitrogens is 4. The van der Waals surface area contributed by atoms with Crippen molar-refractivity contribution in [1.82, 2.24) is 19.5 Å². The minimum absolute atomic E-state index is 0.557. The fourth-order valence-electron chi connectivity index (χ4n) is 10.3. The summed E-state index contributed by atoms with van der Waals surface area (Å²) in [6, 6.07) is 64.7. The predicted molar refractivity (Wildman–Crippen MR) is 248 cm³/mol. The quantitative estimate of drug-likeness (QED) is 0.179. The van der Waals surface area contributed by atoms with Crippen LogP contribution in [-0.2, 0) is 0 Å². The van der Waals surface area contributed by atoms with Crippen LogP contribution in [0.4, 0.5) is 0 Å². The molecule has 60 heavy (non-hydrogen) atoms. The number of furan rings is 1. The number of nitrogens with zero attached hydrogens (tertiary/aromatic N) is 4. The molecule has 5 nitrogen and oxygen atoms in total. The molecule has 0 spiro atoms. The minimum Gasteiger partial charge on any atom is -0.455 e. The average molecular weight is 763 g/mol. The molecular formula is C55H30N4O. The Morgan fingerprint density at radius 3 is 1.67 bits per heavy atom. The predicted octanol–water partition coefficient (Wildman–Crippen LogP) is 14.5. The van der Waals surface area contributed by atoms with E-state index in [1.165, 1.54) is 64.6 Å². The van der Waals surface area contributed by atoms with Crippen molar-refractivity contribution < 1.29 is 4.42 Å². The van der Waals surface area contributed by atoms with Crippen molar-refractivity contribution >= 4 is 97.6 Å². The van der Waals surface area contributed by atoms with Crippen LogP contribution in [0, 0.1) is 0 Å². The fourth-order valence-corrected chi connectivity index (χ4v) is 10.3. The largest absolute Gasteiger partial charge is 0.455 e. The molecule has 0 fully saturated rings. The molecular weight excluding hydrogens is 733 g/mol. The maximum atomic E-state index is 6.54. The maximum absolute atomic E-state index is 6.54. The summed E-state index contributed by atoms with van der Waals surface area (Å²) in [6.45, 7) is 0. The van der Waals surface area contributed by atoms with Crippen molar-refractivity contribution in [1.29, 1.82) is 0 Å². The summed E-state index contributed by atoms with van der Waals surface area (Å²) in [7, 11) is 0. The Hall–Kier alpha value is -8.15. The average Bonchev–Trinajstić information content (AvgIpc) is 3.95. The molecule has 0 aliphatic carbocycles. The van der Waals surface area contributed by atoms with Gasteiger partial charge in [-0.3, -0.25) is 0 Å². The summed E-state index contributed by atoms with van der Waals surface area (Å²) in [5.41, 5.74) is 7.52. The molecule has 14 aromatic rings. The van der Waals surface area contributed by atoms with Gasteiger partial charge in [0.05, 0.1) is 22.3 Å². The summed E-state index contributed by atoms with van der Waals surface area (Å²) < 4.78 is 9.00. The second-order valence-corrected chi connectivity index (χ2v) is 15.8. The van der Waals surface area contributed by atoms with E-state index >= 15 is 0 Å². The van der Waals surface area contributed by atoms with E-state index < -0.39 is 0 Å². The van der Waals surface area contributed by atoms with Crippen LogP contribution in [0.15, 0.2) is 186 Å². The highest BCUT2D eigenvalue weighted by atomic mass is 16.3. The van der Waals surface area contributed by atoms with Gasteiger partial charge in [0.15, 0.2) is 17.5 Å². The van der Waals surface area contributed by atoms with Gasteiger partial charge in [-0.2, -0.15) is 0 Å². The van der Waals surface area contributed by atoms with E-state index in [0.717, 1.165) is 55.3 Å². The lowest BCUT2D eigenvalue weighted by molar-refractivity contribution is 0.669. The molecule has 0 amide bonds. The van der Waals surface area contributed by atoms with Crippen molar-refractivity contribution in [2.45, 2.75) is 0 Å². The summed E-state index contributed by atoms with van der Waals surface area (Å²) in [5.74, 6) is 1.74. The number of para-hydroxylation sites is 3. The monoisotopic (exact) mass is 762 g/mol. The van der Waals surface area contributed by atoms with E-state index in [2.05, 4.69) is 144 Å². The third kappa shape index (κ3) is 4.17. The third-order valence-corrected chi connectivity index (χ3v) is 12.7. The second kappa shape index (κ2) is 11.7. The van der Waals surface area contributed by atoms with E-state index in [0.29, 0.717) is 17.5 Å². The van der Waals surface area contributed by atoms with Gasteiger partial charge in [0, 0.05) is 38.1 Å². The summed E-state index contributed by atoms with van der Waals surface area (Å²) in [6.07, 6.45) is 0. The Kier molecular flexibility index (Phi) is 6.23. The van der Waals surface area contributed by atoms with Crippen LogP contribution in [0.1, 0.15) is 0 Å². The van der Waals surface area contributed by atoms with E-state index in [-0.39, 0.29) is 0 Å². The van der Waals surface area contributed by atoms with Gasteiger partial charge < -0.3 is 8.98 Å². The van der Waals surface area contributed by atoms with Crippen LogP contribution in [0.25, 0.3) is 137 Å². The number of hydrogen-bond acceptors (Lipinski definition) is 4. The summed E-state index contributed by atoms with van der Waals surface area (Å²) in [5, 5.41) is 17.4. The molecule has 14 rings (SSSR count). The van der Waals surface area contributed by atoms with Crippen molar-refractivity contribution in [2.24, 2.45) is 0 Å². The Balaban J connectivity index is 1.12. The lowest BCUT2D eigenvalue weighted by Gasteiger charge is -2.15. The topological polar surface area (TPSA) is 56.7 Å². The normalized spacial score (nSPS) is 12.3. The molecule has 0 aliphatic heterocycles. The molecule has 0 aliphatic rings. The molecule has 3 heterocycles. The molecule has 0 radical (unpaired) electrons. The summed E-state index contributed by atoms with van der Waals surface area (Å²) in [4.78, 5) is 15.8. The zero-order chi connectivity index (χ0) is 39.1. The van der Waals surface area contributed by atoms with Crippen molar-refractivity contribution in [3.8, 4) is 39.9 Å². The van der Waals surface area contributed by atoms with E-state index in [1.807, 2.05) is 42.5 Å². The maximum Gasteiger partial charge on any atom is 0.167 e. The number of benzene rings is 9. The smallest absolute Gasteiger partial charge is 0.167 e. The van der Waals surface area contributed by atoms with Crippen LogP contribution in [0.2, 0.25) is 0 Å². The van der Waals surface area contributed by atoms with Crippen LogP contribution in [-0.4, -0.2) is 19.5 Å². The van der Waals surface area contributed by atoms with Crippen molar-refractivity contribution in [2.75, 3.05) is 0 Å². The molecule has 5 heteroatoms. The van der Waals surface area contributed by atoms with Gasteiger partial charge in [0.2, 0.25) is 0 Å². The van der Waals surface area contributed by atoms with E-state index in [9.17, 15) is 0 Å². The van der Waals surface area contributed by atoms with Gasteiger partial charge in [-0.25, -0.2) is 15.0 Å². The fraction of sp³-hybridized carbons (Fsp3) is 0. The molecule has 0 saturated heterocycles. The van der Waals surface area contributed by atoms with Crippen molar-refractivity contribution in [3.05, 3.63) is 182 Å². The Morgan fingerprint density at radius 2 is 0.883 bits per heavy atom. The lowest BCUT2D eigenvalue weighted by Crippen LogP contribution is -2.03. The first-order valence-electron chi connectivity index (χ1n) is 20.4. The second-order valence-electron chi connectivity index (χ2n) is 15.8. The third-order valence-electron chi connectivity index (χ3n) is 12.7. The number of hydrogen-bond donors (Lipinski definition) is 0. The first-order valence-corrected chi connectivity index (χ1v) is 20.4. The zero-order valence-electron chi connectivity index (χ0n) is 32.0. The van der Waals surface area contributed by atoms with E-state index in [4.69, 9.17) is 19.4 Å². The highest BCUT2D eigenvalue weighted by molar-refractivity contribution is 6.44. The standard InChI is InChI=1S/C55H30N4O/c1-2-14-31(15-3-1)53-56-54(58-55(57-53)42-24-12-23-40-36-20-9-11-27-47(36)60-52(40)42)41-21-8-10-25-44(41)59-45-26-13-22-37-32-16-4-5-17-33(32)39-29-28-38-34-18-6-7-19-35(34)43-30-46(59)51(49(37)45)50(39)48(38)43/h1-30H.